The molecule has 2 nitrogen and oxygen atoms in total. The Morgan fingerprint density at radius 3 is 2.77 bits per heavy atom. The summed E-state index contributed by atoms with van der Waals surface area (Å²) in [6, 6.07) is 6.66. The Balaban J connectivity index is 2.49. The lowest BCUT2D eigenvalue weighted by Gasteiger charge is -1.98. The van der Waals surface area contributed by atoms with E-state index >= 15 is 0 Å². The molecular weight excluding hydrogens is 169 g/mol. The van der Waals surface area contributed by atoms with Crippen LogP contribution in [0.3, 0.4) is 0 Å². The van der Waals surface area contributed by atoms with Crippen molar-refractivity contribution in [2.24, 2.45) is 0 Å². The lowest BCUT2D eigenvalue weighted by molar-refractivity contribution is 0.432. The van der Waals surface area contributed by atoms with Crippen molar-refractivity contribution in [1.29, 1.82) is 0 Å². The molecule has 0 radical (unpaired) electrons. The quantitative estimate of drug-likeness (QED) is 0.669. The first-order valence-electron chi connectivity index (χ1n) is 3.94. The van der Waals surface area contributed by atoms with Crippen LogP contribution in [0.4, 0.5) is 4.39 Å². The fraction of sp³-hybridized carbons (Fsp3) is 0.100. The third-order valence-corrected chi connectivity index (χ3v) is 1.89. The van der Waals surface area contributed by atoms with Crippen LogP contribution in [0.25, 0.3) is 11.3 Å². The monoisotopic (exact) mass is 177 g/mol. The normalized spacial score (nSPS) is 10.3. The molecule has 0 atom stereocenters. The lowest BCUT2D eigenvalue weighted by atomic mass is 10.1. The van der Waals surface area contributed by atoms with Crippen molar-refractivity contribution in [2.45, 2.75) is 6.92 Å². The van der Waals surface area contributed by atoms with Crippen molar-refractivity contribution in [1.82, 2.24) is 5.16 Å². The average Bonchev–Trinajstić information content (AvgIpc) is 2.62. The highest BCUT2D eigenvalue weighted by Crippen LogP contribution is 2.20. The van der Waals surface area contributed by atoms with Crippen LogP contribution >= 0.6 is 0 Å². The molecule has 0 unspecified atom stereocenters. The summed E-state index contributed by atoms with van der Waals surface area (Å²) in [5, 5.41) is 3.55. The van der Waals surface area contributed by atoms with Crippen LogP contribution in [-0.2, 0) is 0 Å². The highest BCUT2D eigenvalue weighted by molar-refractivity contribution is 5.57. The summed E-state index contributed by atoms with van der Waals surface area (Å²) in [6.45, 7) is 1.72. The topological polar surface area (TPSA) is 26.0 Å². The average molecular weight is 177 g/mol. The SMILES string of the molecule is Cc1ccc(-c2ccno2)cc1F. The van der Waals surface area contributed by atoms with E-state index in [0.29, 0.717) is 16.9 Å². The van der Waals surface area contributed by atoms with Gasteiger partial charge in [0, 0.05) is 11.6 Å². The molecule has 1 heterocycles. The van der Waals surface area contributed by atoms with Crippen molar-refractivity contribution in [3.05, 3.63) is 41.8 Å². The van der Waals surface area contributed by atoms with Gasteiger partial charge in [-0.1, -0.05) is 17.3 Å². The van der Waals surface area contributed by atoms with Gasteiger partial charge in [0.05, 0.1) is 6.20 Å². The molecule has 66 valence electrons. The van der Waals surface area contributed by atoms with Crippen molar-refractivity contribution in [2.75, 3.05) is 0 Å². The lowest BCUT2D eigenvalue weighted by Crippen LogP contribution is -1.82. The first-order valence-corrected chi connectivity index (χ1v) is 3.94. The van der Waals surface area contributed by atoms with E-state index in [1.165, 1.54) is 12.3 Å². The highest BCUT2D eigenvalue weighted by Gasteiger charge is 2.04. The summed E-state index contributed by atoms with van der Waals surface area (Å²) in [4.78, 5) is 0. The summed E-state index contributed by atoms with van der Waals surface area (Å²) in [6.07, 6.45) is 1.53. The number of rotatable bonds is 1. The minimum atomic E-state index is -0.228. The Morgan fingerprint density at radius 2 is 2.15 bits per heavy atom. The molecule has 1 aromatic carbocycles. The zero-order valence-corrected chi connectivity index (χ0v) is 7.12. The van der Waals surface area contributed by atoms with E-state index in [1.54, 1.807) is 25.1 Å². The molecule has 0 fully saturated rings. The molecule has 3 heteroatoms. The zero-order chi connectivity index (χ0) is 9.26. The molecule has 0 aliphatic heterocycles. The predicted molar refractivity (Wildman–Crippen MR) is 46.6 cm³/mol. The summed E-state index contributed by atoms with van der Waals surface area (Å²) >= 11 is 0. The molecule has 13 heavy (non-hydrogen) atoms. The Morgan fingerprint density at radius 1 is 1.31 bits per heavy atom. The number of aryl methyl sites for hydroxylation is 1. The van der Waals surface area contributed by atoms with E-state index < -0.39 is 0 Å². The Hall–Kier alpha value is -1.64. The first kappa shape index (κ1) is 7.98. The second-order valence-corrected chi connectivity index (χ2v) is 2.84. The maximum atomic E-state index is 13.1. The number of halogens is 1. The highest BCUT2D eigenvalue weighted by atomic mass is 19.1. The van der Waals surface area contributed by atoms with E-state index in [2.05, 4.69) is 5.16 Å². The van der Waals surface area contributed by atoms with E-state index in [4.69, 9.17) is 4.52 Å². The fourth-order valence-corrected chi connectivity index (χ4v) is 1.11. The summed E-state index contributed by atoms with van der Waals surface area (Å²) in [5.41, 5.74) is 1.34. The van der Waals surface area contributed by atoms with E-state index in [-0.39, 0.29) is 5.82 Å². The van der Waals surface area contributed by atoms with E-state index in [9.17, 15) is 4.39 Å². The Bertz CT molecular complexity index is 409. The van der Waals surface area contributed by atoms with Gasteiger partial charge in [-0.05, 0) is 18.6 Å². The van der Waals surface area contributed by atoms with Crippen LogP contribution in [0, 0.1) is 12.7 Å². The largest absolute Gasteiger partial charge is 0.356 e. The van der Waals surface area contributed by atoms with Crippen LogP contribution in [0.1, 0.15) is 5.56 Å². The van der Waals surface area contributed by atoms with Crippen molar-refractivity contribution in [3.63, 3.8) is 0 Å². The van der Waals surface area contributed by atoms with Crippen LogP contribution in [0.5, 0.6) is 0 Å². The van der Waals surface area contributed by atoms with Gasteiger partial charge in [-0.15, -0.1) is 0 Å². The number of hydrogen-bond acceptors (Lipinski definition) is 2. The van der Waals surface area contributed by atoms with Gasteiger partial charge in [0.25, 0.3) is 0 Å². The van der Waals surface area contributed by atoms with E-state index in [0.717, 1.165) is 0 Å². The number of aromatic nitrogens is 1. The number of benzene rings is 1. The molecule has 0 aliphatic carbocycles. The molecular formula is C10H8FNO. The maximum absolute atomic E-state index is 13.1. The Labute approximate surface area is 75.0 Å². The van der Waals surface area contributed by atoms with Gasteiger partial charge in [0.2, 0.25) is 0 Å². The molecule has 1 aromatic heterocycles. The minimum absolute atomic E-state index is 0.228. The Kier molecular flexibility index (Phi) is 1.85. The molecule has 0 amide bonds. The van der Waals surface area contributed by atoms with Gasteiger partial charge < -0.3 is 4.52 Å². The van der Waals surface area contributed by atoms with Gasteiger partial charge in [0.1, 0.15) is 5.82 Å². The fourth-order valence-electron chi connectivity index (χ4n) is 1.11. The molecule has 0 bridgehead atoms. The number of nitrogens with zero attached hydrogens (tertiary/aromatic N) is 1. The molecule has 0 N–H and O–H groups in total. The van der Waals surface area contributed by atoms with Crippen LogP contribution < -0.4 is 0 Å². The summed E-state index contributed by atoms with van der Waals surface area (Å²) < 4.78 is 18.0. The van der Waals surface area contributed by atoms with Crippen LogP contribution in [-0.4, -0.2) is 5.16 Å². The minimum Gasteiger partial charge on any atom is -0.356 e. The molecule has 0 aliphatic rings. The van der Waals surface area contributed by atoms with Crippen molar-refractivity contribution in [3.8, 4) is 11.3 Å². The summed E-state index contributed by atoms with van der Waals surface area (Å²) in [5.74, 6) is 0.354. The first-order chi connectivity index (χ1) is 6.27. The van der Waals surface area contributed by atoms with Crippen molar-refractivity contribution < 1.29 is 8.91 Å². The number of hydrogen-bond donors (Lipinski definition) is 0. The third kappa shape index (κ3) is 1.45. The van der Waals surface area contributed by atoms with Crippen molar-refractivity contribution >= 4 is 0 Å². The molecule has 2 aromatic rings. The molecule has 2 rings (SSSR count). The van der Waals surface area contributed by atoms with Gasteiger partial charge in [-0.25, -0.2) is 4.39 Å². The maximum Gasteiger partial charge on any atom is 0.166 e. The summed E-state index contributed by atoms with van der Waals surface area (Å²) in [7, 11) is 0. The molecule has 0 spiro atoms. The standard InChI is InChI=1S/C10H8FNO/c1-7-2-3-8(6-9(7)11)10-4-5-12-13-10/h2-6H,1H3. The van der Waals surface area contributed by atoms with Gasteiger partial charge >= 0.3 is 0 Å². The third-order valence-electron chi connectivity index (χ3n) is 1.89. The smallest absolute Gasteiger partial charge is 0.166 e. The second kappa shape index (κ2) is 3.01. The second-order valence-electron chi connectivity index (χ2n) is 2.84. The van der Waals surface area contributed by atoms with Gasteiger partial charge in [-0.3, -0.25) is 0 Å². The predicted octanol–water partition coefficient (Wildman–Crippen LogP) is 2.79. The van der Waals surface area contributed by atoms with Crippen LogP contribution in [0.2, 0.25) is 0 Å². The molecule has 0 saturated heterocycles. The van der Waals surface area contributed by atoms with E-state index in [1.807, 2.05) is 0 Å². The van der Waals surface area contributed by atoms with Gasteiger partial charge in [0.15, 0.2) is 5.76 Å². The molecule has 0 saturated carbocycles. The van der Waals surface area contributed by atoms with Gasteiger partial charge in [-0.2, -0.15) is 0 Å². The van der Waals surface area contributed by atoms with Crippen LogP contribution in [0.15, 0.2) is 35.0 Å². The zero-order valence-electron chi connectivity index (χ0n) is 7.12.